The number of halogens is 1. The average Bonchev–Trinajstić information content (AvgIpc) is 2.21. The van der Waals surface area contributed by atoms with Gasteiger partial charge in [-0.1, -0.05) is 28.1 Å². The van der Waals surface area contributed by atoms with Gasteiger partial charge in [-0.05, 0) is 36.8 Å². The van der Waals surface area contributed by atoms with E-state index in [0.717, 1.165) is 21.3 Å². The monoisotopic (exact) mass is 246 g/mol. The van der Waals surface area contributed by atoms with E-state index in [2.05, 4.69) is 27.0 Å². The lowest BCUT2D eigenvalue weighted by Crippen LogP contribution is -1.83. The van der Waals surface area contributed by atoms with Crippen LogP contribution in [0.5, 0.6) is 0 Å². The minimum absolute atomic E-state index is 0.961. The van der Waals surface area contributed by atoms with Crippen molar-refractivity contribution in [2.45, 2.75) is 6.92 Å². The minimum Gasteiger partial charge on any atom is -0.256 e. The van der Waals surface area contributed by atoms with E-state index in [1.807, 2.05) is 43.5 Å². The molecule has 0 unspecified atom stereocenters. The van der Waals surface area contributed by atoms with E-state index < -0.39 is 0 Å². The Balaban J connectivity index is 2.40. The highest BCUT2D eigenvalue weighted by Gasteiger charge is 1.97. The first-order valence-electron chi connectivity index (χ1n) is 4.36. The molecule has 69 valence electrons. The van der Waals surface area contributed by atoms with Gasteiger partial charge >= 0.3 is 0 Å². The Hall–Kier alpha value is -1.15. The van der Waals surface area contributed by atoms with Crippen LogP contribution >= 0.6 is 15.9 Å². The van der Waals surface area contributed by atoms with E-state index >= 15 is 0 Å². The quantitative estimate of drug-likeness (QED) is 0.749. The van der Waals surface area contributed by atoms with Gasteiger partial charge in [0.2, 0.25) is 0 Å². The second kappa shape index (κ2) is 3.93. The van der Waals surface area contributed by atoms with Crippen LogP contribution in [0.4, 0.5) is 0 Å². The normalized spacial score (nSPS) is 10.1. The summed E-state index contributed by atoms with van der Waals surface area (Å²) in [5.41, 5.74) is 3.14. The van der Waals surface area contributed by atoms with Crippen LogP contribution in [0, 0.1) is 13.0 Å². The van der Waals surface area contributed by atoms with Crippen LogP contribution < -0.4 is 0 Å². The van der Waals surface area contributed by atoms with Crippen molar-refractivity contribution in [1.82, 2.24) is 4.98 Å². The topological polar surface area (TPSA) is 12.9 Å². The summed E-state index contributed by atoms with van der Waals surface area (Å²) < 4.78 is 1.08. The average molecular weight is 247 g/mol. The highest BCUT2D eigenvalue weighted by atomic mass is 79.9. The van der Waals surface area contributed by atoms with Crippen molar-refractivity contribution in [3.8, 4) is 11.3 Å². The highest BCUT2D eigenvalue weighted by molar-refractivity contribution is 9.10. The van der Waals surface area contributed by atoms with E-state index in [1.54, 1.807) is 0 Å². The molecule has 0 bridgehead atoms. The maximum atomic E-state index is 4.33. The molecule has 2 rings (SSSR count). The zero-order valence-corrected chi connectivity index (χ0v) is 9.38. The first-order chi connectivity index (χ1) is 6.75. The van der Waals surface area contributed by atoms with Crippen LogP contribution in [0.2, 0.25) is 0 Å². The largest absolute Gasteiger partial charge is 0.256 e. The van der Waals surface area contributed by atoms with Crippen molar-refractivity contribution < 1.29 is 0 Å². The van der Waals surface area contributed by atoms with E-state index in [-0.39, 0.29) is 0 Å². The molecule has 0 saturated heterocycles. The lowest BCUT2D eigenvalue weighted by Gasteiger charge is -2.00. The Bertz CT molecular complexity index is 374. The van der Waals surface area contributed by atoms with Gasteiger partial charge in [-0.25, -0.2) is 0 Å². The van der Waals surface area contributed by atoms with Crippen LogP contribution in [-0.2, 0) is 0 Å². The van der Waals surface area contributed by atoms with Gasteiger partial charge in [0.1, 0.15) is 0 Å². The zero-order chi connectivity index (χ0) is 9.97. The van der Waals surface area contributed by atoms with Crippen molar-refractivity contribution in [1.29, 1.82) is 0 Å². The number of aryl methyl sites for hydroxylation is 1. The fraction of sp³-hybridized carbons (Fsp3) is 0.0833. The van der Waals surface area contributed by atoms with Crippen LogP contribution in [0.3, 0.4) is 0 Å². The number of benzene rings is 1. The molecule has 0 amide bonds. The molecule has 0 atom stereocenters. The summed E-state index contributed by atoms with van der Waals surface area (Å²) in [6, 6.07) is 13.2. The predicted octanol–water partition coefficient (Wildman–Crippen LogP) is 3.62. The maximum Gasteiger partial charge on any atom is 0.0708 e. The zero-order valence-electron chi connectivity index (χ0n) is 7.79. The van der Waals surface area contributed by atoms with Crippen LogP contribution in [0.1, 0.15) is 5.56 Å². The minimum atomic E-state index is 0.961. The van der Waals surface area contributed by atoms with E-state index in [4.69, 9.17) is 0 Å². The summed E-state index contributed by atoms with van der Waals surface area (Å²) in [5, 5.41) is 0. The van der Waals surface area contributed by atoms with Gasteiger partial charge in [-0.15, -0.1) is 0 Å². The van der Waals surface area contributed by atoms with Crippen molar-refractivity contribution >= 4 is 15.9 Å². The molecule has 2 heteroatoms. The van der Waals surface area contributed by atoms with Gasteiger partial charge in [0, 0.05) is 16.2 Å². The Labute approximate surface area is 91.9 Å². The number of hydrogen-bond donors (Lipinski definition) is 0. The van der Waals surface area contributed by atoms with Crippen molar-refractivity contribution in [2.75, 3.05) is 0 Å². The Kier molecular flexibility index (Phi) is 2.64. The van der Waals surface area contributed by atoms with Crippen LogP contribution in [0.15, 0.2) is 41.0 Å². The first-order valence-corrected chi connectivity index (χ1v) is 5.15. The molecule has 0 saturated carbocycles. The first kappa shape index (κ1) is 9.41. The van der Waals surface area contributed by atoms with Gasteiger partial charge < -0.3 is 0 Å². The third kappa shape index (κ3) is 2.02. The van der Waals surface area contributed by atoms with Gasteiger partial charge in [0.05, 0.1) is 5.69 Å². The Morgan fingerprint density at radius 1 is 1.21 bits per heavy atom. The molecule has 1 radical (unpaired) electrons. The molecule has 14 heavy (non-hydrogen) atoms. The predicted molar refractivity (Wildman–Crippen MR) is 60.9 cm³/mol. The number of nitrogens with zero attached hydrogens (tertiary/aromatic N) is 1. The molecule has 0 spiro atoms. The fourth-order valence-corrected chi connectivity index (χ4v) is 1.47. The van der Waals surface area contributed by atoms with Gasteiger partial charge in [-0.2, -0.15) is 0 Å². The van der Waals surface area contributed by atoms with Crippen LogP contribution in [0.25, 0.3) is 11.3 Å². The molecule has 0 aliphatic rings. The van der Waals surface area contributed by atoms with Crippen molar-refractivity contribution in [3.63, 3.8) is 0 Å². The summed E-state index contributed by atoms with van der Waals surface area (Å²) in [6.45, 7) is 1.98. The third-order valence-corrected chi connectivity index (χ3v) is 2.50. The van der Waals surface area contributed by atoms with E-state index in [9.17, 15) is 0 Å². The van der Waals surface area contributed by atoms with E-state index in [1.165, 1.54) is 0 Å². The Morgan fingerprint density at radius 2 is 1.93 bits per heavy atom. The second-order valence-electron chi connectivity index (χ2n) is 3.12. The summed E-state index contributed by atoms with van der Waals surface area (Å²) in [5.74, 6) is 0. The molecule has 0 aliphatic carbocycles. The molecular weight excluding hydrogens is 238 g/mol. The molecule has 2 aromatic rings. The molecule has 0 aliphatic heterocycles. The fourth-order valence-electron chi connectivity index (χ4n) is 1.20. The SMILES string of the molecule is Cc1[c]cc(-c2ccc(Br)cc2)nc1. The number of rotatable bonds is 1. The summed E-state index contributed by atoms with van der Waals surface area (Å²) in [7, 11) is 0. The smallest absolute Gasteiger partial charge is 0.0708 e. The lowest BCUT2D eigenvalue weighted by molar-refractivity contribution is 1.26. The molecule has 1 heterocycles. The van der Waals surface area contributed by atoms with Crippen LogP contribution in [-0.4, -0.2) is 4.98 Å². The highest BCUT2D eigenvalue weighted by Crippen LogP contribution is 2.19. The summed E-state index contributed by atoms with van der Waals surface area (Å²) in [6.07, 6.45) is 1.83. The number of pyridine rings is 1. The number of aromatic nitrogens is 1. The standard InChI is InChI=1S/C12H9BrN/c1-9-2-7-12(14-8-9)10-3-5-11(13)6-4-10/h3-8H,1H3. The van der Waals surface area contributed by atoms with Gasteiger partial charge in [0.25, 0.3) is 0 Å². The molecule has 1 nitrogen and oxygen atoms in total. The van der Waals surface area contributed by atoms with Gasteiger partial charge in [-0.3, -0.25) is 4.98 Å². The molecule has 0 N–H and O–H groups in total. The van der Waals surface area contributed by atoms with Gasteiger partial charge in [0.15, 0.2) is 0 Å². The molecule has 1 aromatic carbocycles. The number of hydrogen-bond acceptors (Lipinski definition) is 1. The van der Waals surface area contributed by atoms with Crippen molar-refractivity contribution in [3.05, 3.63) is 52.6 Å². The summed E-state index contributed by atoms with van der Waals surface area (Å²) in [4.78, 5) is 4.33. The second-order valence-corrected chi connectivity index (χ2v) is 4.04. The third-order valence-electron chi connectivity index (χ3n) is 1.97. The summed E-state index contributed by atoms with van der Waals surface area (Å²) >= 11 is 3.40. The molecule has 1 aromatic heterocycles. The Morgan fingerprint density at radius 3 is 2.50 bits per heavy atom. The molecular formula is C12H9BrN. The van der Waals surface area contributed by atoms with E-state index in [0.29, 0.717) is 0 Å². The maximum absolute atomic E-state index is 4.33. The molecule has 0 fully saturated rings. The lowest BCUT2D eigenvalue weighted by atomic mass is 10.1. The van der Waals surface area contributed by atoms with Crippen molar-refractivity contribution in [2.24, 2.45) is 0 Å².